The molecule has 0 aromatic heterocycles. The molecule has 1 fully saturated rings. The summed E-state index contributed by atoms with van der Waals surface area (Å²) in [5.74, 6) is -0.350. The van der Waals surface area contributed by atoms with Crippen molar-refractivity contribution in [2.24, 2.45) is 0 Å². The second kappa shape index (κ2) is 10.4. The molecule has 1 saturated carbocycles. The van der Waals surface area contributed by atoms with Crippen LogP contribution in [0.4, 0.5) is 4.79 Å². The van der Waals surface area contributed by atoms with Gasteiger partial charge >= 0.3 is 6.09 Å². The summed E-state index contributed by atoms with van der Waals surface area (Å²) in [5, 5.41) is 24.2. The van der Waals surface area contributed by atoms with Gasteiger partial charge in [-0.2, -0.15) is 10.5 Å². The Morgan fingerprint density at radius 3 is 2.06 bits per heavy atom. The molecule has 0 aliphatic heterocycles. The molecule has 7 heteroatoms. The van der Waals surface area contributed by atoms with E-state index in [0.29, 0.717) is 24.8 Å². The Morgan fingerprint density at radius 1 is 1.00 bits per heavy atom. The van der Waals surface area contributed by atoms with Crippen LogP contribution in [-0.4, -0.2) is 29.2 Å². The Labute approximate surface area is 200 Å². The molecule has 34 heavy (non-hydrogen) atoms. The first kappa shape index (κ1) is 24.8. The van der Waals surface area contributed by atoms with E-state index in [1.807, 2.05) is 36.4 Å². The first-order valence-corrected chi connectivity index (χ1v) is 11.5. The van der Waals surface area contributed by atoms with E-state index >= 15 is 0 Å². The maximum Gasteiger partial charge on any atom is 0.408 e. The fourth-order valence-corrected chi connectivity index (χ4v) is 4.12. The third kappa shape index (κ3) is 6.36. The minimum atomic E-state index is -1.06. The molecule has 0 radical (unpaired) electrons. The van der Waals surface area contributed by atoms with E-state index in [4.69, 9.17) is 10.00 Å². The van der Waals surface area contributed by atoms with Crippen LogP contribution in [0.5, 0.6) is 0 Å². The Hall–Kier alpha value is -3.84. The number of carbonyl (C=O) groups is 2. The average molecular weight is 459 g/mol. The molecule has 0 spiro atoms. The van der Waals surface area contributed by atoms with Gasteiger partial charge in [0.1, 0.15) is 17.2 Å². The van der Waals surface area contributed by atoms with Gasteiger partial charge in [-0.1, -0.05) is 49.2 Å². The average Bonchev–Trinajstić information content (AvgIpc) is 3.27. The van der Waals surface area contributed by atoms with Crippen LogP contribution in [0.2, 0.25) is 0 Å². The van der Waals surface area contributed by atoms with Crippen LogP contribution in [0, 0.1) is 22.7 Å². The Balaban J connectivity index is 1.65. The quantitative estimate of drug-likeness (QED) is 0.656. The lowest BCUT2D eigenvalue weighted by Gasteiger charge is -2.31. The molecule has 176 valence electrons. The van der Waals surface area contributed by atoms with Gasteiger partial charge in [-0.05, 0) is 62.4 Å². The van der Waals surface area contributed by atoms with Crippen molar-refractivity contribution in [3.8, 4) is 23.3 Å². The summed E-state index contributed by atoms with van der Waals surface area (Å²) < 4.78 is 5.35. The molecular weight excluding hydrogens is 428 g/mol. The van der Waals surface area contributed by atoms with Crippen molar-refractivity contribution in [3.05, 3.63) is 59.7 Å². The SMILES string of the molecule is CC(C)(C)OC(=O)NC1(C(=O)NC(C#N)Cc2ccc(-c3ccc(C#N)cc3)cc2)CCCC1. The van der Waals surface area contributed by atoms with Crippen molar-refractivity contribution in [2.75, 3.05) is 0 Å². The van der Waals surface area contributed by atoms with Crippen molar-refractivity contribution in [3.63, 3.8) is 0 Å². The summed E-state index contributed by atoms with van der Waals surface area (Å²) in [5.41, 5.74) is 1.78. The molecule has 2 aromatic carbocycles. The molecule has 0 bridgehead atoms. The van der Waals surface area contributed by atoms with Crippen molar-refractivity contribution >= 4 is 12.0 Å². The number of alkyl carbamates (subject to hydrolysis) is 1. The lowest BCUT2D eigenvalue weighted by molar-refractivity contribution is -0.128. The zero-order chi connectivity index (χ0) is 24.8. The van der Waals surface area contributed by atoms with Crippen LogP contribution in [0.1, 0.15) is 57.6 Å². The number of hydrogen-bond donors (Lipinski definition) is 2. The van der Waals surface area contributed by atoms with Crippen molar-refractivity contribution in [2.45, 2.75) is 70.1 Å². The number of amides is 2. The first-order chi connectivity index (χ1) is 16.1. The molecular formula is C27H30N4O3. The van der Waals surface area contributed by atoms with Crippen molar-refractivity contribution in [1.29, 1.82) is 10.5 Å². The highest BCUT2D eigenvalue weighted by atomic mass is 16.6. The number of benzene rings is 2. The normalized spacial score (nSPS) is 15.4. The predicted molar refractivity (Wildman–Crippen MR) is 128 cm³/mol. The van der Waals surface area contributed by atoms with E-state index < -0.39 is 23.3 Å². The number of nitriles is 2. The molecule has 2 aromatic rings. The van der Waals surface area contributed by atoms with Crippen LogP contribution in [-0.2, 0) is 16.0 Å². The number of hydrogen-bond acceptors (Lipinski definition) is 5. The van der Waals surface area contributed by atoms with E-state index in [1.54, 1.807) is 32.9 Å². The Bertz CT molecular complexity index is 1100. The fourth-order valence-electron chi connectivity index (χ4n) is 4.12. The van der Waals surface area contributed by atoms with E-state index in [1.165, 1.54) is 0 Å². The van der Waals surface area contributed by atoms with Gasteiger partial charge in [-0.25, -0.2) is 4.79 Å². The van der Waals surface area contributed by atoms with Gasteiger partial charge in [0.05, 0.1) is 17.7 Å². The number of nitrogens with one attached hydrogen (secondary N) is 2. The van der Waals surface area contributed by atoms with E-state index in [-0.39, 0.29) is 5.91 Å². The largest absolute Gasteiger partial charge is 0.444 e. The maximum absolute atomic E-state index is 13.2. The second-order valence-electron chi connectivity index (χ2n) is 9.66. The summed E-state index contributed by atoms with van der Waals surface area (Å²) in [7, 11) is 0. The lowest BCUT2D eigenvalue weighted by atomic mass is 9.95. The topological polar surface area (TPSA) is 115 Å². The first-order valence-electron chi connectivity index (χ1n) is 11.5. The molecule has 0 heterocycles. The molecule has 2 amide bonds. The number of ether oxygens (including phenoxy) is 1. The molecule has 2 N–H and O–H groups in total. The second-order valence-corrected chi connectivity index (χ2v) is 9.66. The molecule has 1 aliphatic carbocycles. The number of rotatable bonds is 6. The summed E-state index contributed by atoms with van der Waals surface area (Å²) in [6.07, 6.45) is 2.37. The Morgan fingerprint density at radius 2 is 1.56 bits per heavy atom. The summed E-state index contributed by atoms with van der Waals surface area (Å²) in [6, 6.07) is 18.6. The monoisotopic (exact) mass is 458 g/mol. The molecule has 1 aliphatic rings. The van der Waals surface area contributed by atoms with Gasteiger partial charge in [-0.3, -0.25) is 4.79 Å². The highest BCUT2D eigenvalue weighted by Crippen LogP contribution is 2.31. The fraction of sp³-hybridized carbons (Fsp3) is 0.407. The zero-order valence-corrected chi connectivity index (χ0v) is 19.9. The minimum Gasteiger partial charge on any atom is -0.444 e. The van der Waals surface area contributed by atoms with Gasteiger partial charge in [0.15, 0.2) is 0 Å². The van der Waals surface area contributed by atoms with E-state index in [0.717, 1.165) is 29.5 Å². The van der Waals surface area contributed by atoms with Crippen LogP contribution in [0.3, 0.4) is 0 Å². The van der Waals surface area contributed by atoms with Crippen molar-refractivity contribution < 1.29 is 14.3 Å². The highest BCUT2D eigenvalue weighted by Gasteiger charge is 2.44. The maximum atomic E-state index is 13.2. The minimum absolute atomic E-state index is 0.346. The third-order valence-corrected chi connectivity index (χ3v) is 5.83. The van der Waals surface area contributed by atoms with Gasteiger partial charge < -0.3 is 15.4 Å². The van der Waals surface area contributed by atoms with Crippen molar-refractivity contribution in [1.82, 2.24) is 10.6 Å². The standard InChI is InChI=1S/C27H30N4O3/c1-26(2,3)34-25(33)31-27(14-4-5-15-27)24(32)30-23(18-29)16-19-6-10-21(11-7-19)22-12-8-20(17-28)9-13-22/h6-13,23H,4-5,14-16H2,1-3H3,(H,30,32)(H,31,33). The Kier molecular flexibility index (Phi) is 7.58. The molecule has 1 atom stereocenters. The smallest absolute Gasteiger partial charge is 0.408 e. The number of carbonyl (C=O) groups excluding carboxylic acids is 2. The summed E-state index contributed by atoms with van der Waals surface area (Å²) in [6.45, 7) is 5.31. The molecule has 3 rings (SSSR count). The molecule has 1 unspecified atom stereocenters. The highest BCUT2D eigenvalue weighted by molar-refractivity contribution is 5.90. The predicted octanol–water partition coefficient (Wildman–Crippen LogP) is 4.61. The summed E-state index contributed by atoms with van der Waals surface area (Å²) >= 11 is 0. The van der Waals surface area contributed by atoms with Crippen LogP contribution >= 0.6 is 0 Å². The lowest BCUT2D eigenvalue weighted by Crippen LogP contribution is -2.59. The van der Waals surface area contributed by atoms with Gasteiger partial charge in [0.25, 0.3) is 0 Å². The van der Waals surface area contributed by atoms with Gasteiger partial charge in [0.2, 0.25) is 5.91 Å². The number of nitrogens with zero attached hydrogens (tertiary/aromatic N) is 2. The zero-order valence-electron chi connectivity index (χ0n) is 19.9. The van der Waals surface area contributed by atoms with Gasteiger partial charge in [-0.15, -0.1) is 0 Å². The molecule has 0 saturated heterocycles. The van der Waals surface area contributed by atoms with Gasteiger partial charge in [0, 0.05) is 6.42 Å². The van der Waals surface area contributed by atoms with Crippen LogP contribution in [0.25, 0.3) is 11.1 Å². The van der Waals surface area contributed by atoms with E-state index in [9.17, 15) is 14.9 Å². The summed E-state index contributed by atoms with van der Waals surface area (Å²) in [4.78, 5) is 25.5. The molecule has 7 nitrogen and oxygen atoms in total. The van der Waals surface area contributed by atoms with Crippen LogP contribution < -0.4 is 10.6 Å². The van der Waals surface area contributed by atoms with Crippen LogP contribution in [0.15, 0.2) is 48.5 Å². The van der Waals surface area contributed by atoms with E-state index in [2.05, 4.69) is 22.8 Å². The third-order valence-electron chi connectivity index (χ3n) is 5.83.